The van der Waals surface area contributed by atoms with Crippen molar-refractivity contribution in [3.05, 3.63) is 204 Å². The third-order valence-electron chi connectivity index (χ3n) is 13.5. The molecule has 1 aromatic heterocycles. The van der Waals surface area contributed by atoms with Crippen molar-refractivity contribution in [3.8, 4) is 27.9 Å². The highest BCUT2D eigenvalue weighted by Gasteiger charge is 2.39. The minimum Gasteiger partial charge on any atom is -0.310 e. The summed E-state index contributed by atoms with van der Waals surface area (Å²) >= 11 is 0. The monoisotopic (exact) mass is 742 g/mol. The van der Waals surface area contributed by atoms with Crippen molar-refractivity contribution < 1.29 is 0 Å². The van der Waals surface area contributed by atoms with Gasteiger partial charge in [0.05, 0.1) is 11.0 Å². The zero-order chi connectivity index (χ0) is 38.9. The molecule has 0 saturated heterocycles. The maximum atomic E-state index is 2.48. The SMILES string of the molecule is CC1(C)c2cc(N(c3ccccc3)c3ccc4cc5c(cc4c3)C(C)(C)c3c-5ccc4ccccc34)ccc2-c2cc3c(cc21)c1ccccc1n3-c1ccccc1. The van der Waals surface area contributed by atoms with Crippen LogP contribution in [0.1, 0.15) is 49.9 Å². The Morgan fingerprint density at radius 3 is 1.81 bits per heavy atom. The van der Waals surface area contributed by atoms with Gasteiger partial charge in [0.25, 0.3) is 0 Å². The molecule has 10 aromatic rings. The molecule has 0 unspecified atom stereocenters. The van der Waals surface area contributed by atoms with Crippen LogP contribution in [0.3, 0.4) is 0 Å². The van der Waals surface area contributed by atoms with E-state index >= 15 is 0 Å². The molecule has 0 amide bonds. The predicted molar refractivity (Wildman–Crippen MR) is 246 cm³/mol. The van der Waals surface area contributed by atoms with Gasteiger partial charge < -0.3 is 9.47 Å². The van der Waals surface area contributed by atoms with Crippen molar-refractivity contribution in [3.63, 3.8) is 0 Å². The number of fused-ring (bicyclic) bond motifs is 12. The standard InChI is InChI=1S/C56H42N2/c1-55(2)50-32-41(26-28-43(50)47-34-53-48(33-51(47)55)44-21-13-14-22-52(44)58(53)39-18-9-6-10-19-39)57(38-16-7-5-8-17-38)40-25-23-36-30-46-45-27-24-35-15-11-12-20-42(35)54(45)56(3,4)49(46)31-37(36)29-40/h5-34H,1-4H3. The second-order valence-corrected chi connectivity index (χ2v) is 17.4. The molecule has 0 fully saturated rings. The van der Waals surface area contributed by atoms with Crippen molar-refractivity contribution in [1.29, 1.82) is 0 Å². The van der Waals surface area contributed by atoms with E-state index in [0.29, 0.717) is 0 Å². The zero-order valence-corrected chi connectivity index (χ0v) is 33.2. The smallest absolute Gasteiger partial charge is 0.0547 e. The zero-order valence-electron chi connectivity index (χ0n) is 33.2. The van der Waals surface area contributed by atoms with Gasteiger partial charge in [0.1, 0.15) is 0 Å². The van der Waals surface area contributed by atoms with E-state index in [4.69, 9.17) is 0 Å². The van der Waals surface area contributed by atoms with Crippen LogP contribution in [-0.2, 0) is 10.8 Å². The number of nitrogens with zero attached hydrogens (tertiary/aromatic N) is 2. The second-order valence-electron chi connectivity index (χ2n) is 17.4. The fourth-order valence-electron chi connectivity index (χ4n) is 10.7. The molecular formula is C56H42N2. The van der Waals surface area contributed by atoms with Crippen LogP contribution in [0.2, 0.25) is 0 Å². The van der Waals surface area contributed by atoms with Gasteiger partial charge in [-0.2, -0.15) is 0 Å². The molecule has 0 radical (unpaired) electrons. The summed E-state index contributed by atoms with van der Waals surface area (Å²) in [5.74, 6) is 0. The van der Waals surface area contributed by atoms with E-state index in [0.717, 1.165) is 17.1 Å². The molecule has 0 aliphatic heterocycles. The lowest BCUT2D eigenvalue weighted by atomic mass is 9.80. The van der Waals surface area contributed by atoms with Gasteiger partial charge in [-0.1, -0.05) is 131 Å². The summed E-state index contributed by atoms with van der Waals surface area (Å²) in [6.45, 7) is 9.59. The van der Waals surface area contributed by atoms with Crippen LogP contribution >= 0.6 is 0 Å². The highest BCUT2D eigenvalue weighted by atomic mass is 15.1. The Bertz CT molecular complexity index is 3330. The lowest BCUT2D eigenvalue weighted by molar-refractivity contribution is 0.661. The third-order valence-corrected chi connectivity index (χ3v) is 13.5. The maximum Gasteiger partial charge on any atom is 0.0547 e. The average molecular weight is 743 g/mol. The maximum absolute atomic E-state index is 2.48. The highest BCUT2D eigenvalue weighted by molar-refractivity contribution is 6.11. The summed E-state index contributed by atoms with van der Waals surface area (Å²) in [5, 5.41) is 7.76. The summed E-state index contributed by atoms with van der Waals surface area (Å²) < 4.78 is 2.43. The van der Waals surface area contributed by atoms with Gasteiger partial charge in [-0.3, -0.25) is 0 Å². The van der Waals surface area contributed by atoms with Gasteiger partial charge in [0, 0.05) is 44.4 Å². The van der Waals surface area contributed by atoms with E-state index in [1.54, 1.807) is 0 Å². The average Bonchev–Trinajstić information content (AvgIpc) is 3.79. The number of hydrogen-bond acceptors (Lipinski definition) is 1. The number of para-hydroxylation sites is 3. The van der Waals surface area contributed by atoms with Crippen molar-refractivity contribution in [2.45, 2.75) is 38.5 Å². The summed E-state index contributed by atoms with van der Waals surface area (Å²) in [6, 6.07) is 67.9. The lowest BCUT2D eigenvalue weighted by Crippen LogP contribution is -2.16. The first-order valence-electron chi connectivity index (χ1n) is 20.5. The second kappa shape index (κ2) is 11.8. The molecule has 0 spiro atoms. The van der Waals surface area contributed by atoms with Gasteiger partial charge in [-0.15, -0.1) is 0 Å². The number of hydrogen-bond donors (Lipinski definition) is 0. The minimum atomic E-state index is -0.193. The first-order valence-corrected chi connectivity index (χ1v) is 20.5. The number of anilines is 3. The van der Waals surface area contributed by atoms with Crippen molar-refractivity contribution >= 4 is 60.4 Å². The molecule has 2 nitrogen and oxygen atoms in total. The van der Waals surface area contributed by atoms with Gasteiger partial charge in [0.15, 0.2) is 0 Å². The Hall–Kier alpha value is -6.90. The van der Waals surface area contributed by atoms with Crippen LogP contribution in [0.4, 0.5) is 17.1 Å². The molecule has 1 heterocycles. The molecule has 58 heavy (non-hydrogen) atoms. The molecule has 12 rings (SSSR count). The van der Waals surface area contributed by atoms with Crippen molar-refractivity contribution in [2.24, 2.45) is 0 Å². The van der Waals surface area contributed by atoms with E-state index in [-0.39, 0.29) is 10.8 Å². The van der Waals surface area contributed by atoms with Crippen LogP contribution in [0.25, 0.3) is 71.3 Å². The predicted octanol–water partition coefficient (Wildman–Crippen LogP) is 15.2. The first kappa shape index (κ1) is 33.3. The number of rotatable bonds is 4. The summed E-state index contributed by atoms with van der Waals surface area (Å²) in [7, 11) is 0. The third kappa shape index (κ3) is 4.54. The Morgan fingerprint density at radius 2 is 0.983 bits per heavy atom. The first-order chi connectivity index (χ1) is 28.3. The van der Waals surface area contributed by atoms with Crippen LogP contribution in [0.15, 0.2) is 182 Å². The van der Waals surface area contributed by atoms with E-state index in [2.05, 4.69) is 219 Å². The van der Waals surface area contributed by atoms with Gasteiger partial charge >= 0.3 is 0 Å². The molecule has 0 bridgehead atoms. The molecule has 9 aromatic carbocycles. The van der Waals surface area contributed by atoms with E-state index < -0.39 is 0 Å². The Morgan fingerprint density at radius 1 is 0.362 bits per heavy atom. The quantitative estimate of drug-likeness (QED) is 0.174. The van der Waals surface area contributed by atoms with Crippen LogP contribution in [-0.4, -0.2) is 4.57 Å². The van der Waals surface area contributed by atoms with Gasteiger partial charge in [-0.25, -0.2) is 0 Å². The molecular weight excluding hydrogens is 701 g/mol. The number of benzene rings is 9. The van der Waals surface area contributed by atoms with Crippen LogP contribution in [0, 0.1) is 0 Å². The van der Waals surface area contributed by atoms with Gasteiger partial charge in [0.2, 0.25) is 0 Å². The fraction of sp³-hybridized carbons (Fsp3) is 0.107. The minimum absolute atomic E-state index is 0.115. The van der Waals surface area contributed by atoms with Crippen molar-refractivity contribution in [2.75, 3.05) is 4.90 Å². The fourth-order valence-corrected chi connectivity index (χ4v) is 10.7. The number of aromatic nitrogens is 1. The largest absolute Gasteiger partial charge is 0.310 e. The Balaban J connectivity index is 1.01. The van der Waals surface area contributed by atoms with E-state index in [1.807, 2.05) is 0 Å². The summed E-state index contributed by atoms with van der Waals surface area (Å²) in [5.41, 5.74) is 17.7. The van der Waals surface area contributed by atoms with Gasteiger partial charge in [-0.05, 0) is 145 Å². The lowest BCUT2D eigenvalue weighted by Gasteiger charge is -2.28. The Labute approximate surface area is 339 Å². The van der Waals surface area contributed by atoms with E-state index in [9.17, 15) is 0 Å². The molecule has 0 atom stereocenters. The summed E-state index contributed by atoms with van der Waals surface area (Å²) in [4.78, 5) is 2.44. The topological polar surface area (TPSA) is 8.17 Å². The molecule has 2 aliphatic rings. The normalized spacial score (nSPS) is 14.5. The van der Waals surface area contributed by atoms with Crippen molar-refractivity contribution in [1.82, 2.24) is 4.57 Å². The van der Waals surface area contributed by atoms with E-state index in [1.165, 1.54) is 93.5 Å². The van der Waals surface area contributed by atoms with Crippen LogP contribution in [0.5, 0.6) is 0 Å². The molecule has 2 heteroatoms. The van der Waals surface area contributed by atoms with Crippen LogP contribution < -0.4 is 4.90 Å². The Kier molecular flexibility index (Phi) is 6.78. The summed E-state index contributed by atoms with van der Waals surface area (Å²) in [6.07, 6.45) is 0. The molecule has 0 N–H and O–H groups in total. The highest BCUT2D eigenvalue weighted by Crippen LogP contribution is 2.54. The molecule has 276 valence electrons. The molecule has 0 saturated carbocycles. The molecule has 2 aliphatic carbocycles.